The number of fused-ring (bicyclic) bond motifs is 1. The summed E-state index contributed by atoms with van der Waals surface area (Å²) >= 11 is 1.46. The molecule has 1 N–H and O–H groups in total. The smallest absolute Gasteiger partial charge is 0.263 e. The van der Waals surface area contributed by atoms with Crippen LogP contribution in [0.15, 0.2) is 40.8 Å². The molecule has 3 aromatic rings. The molecule has 2 heterocycles. The number of thiophene rings is 1. The summed E-state index contributed by atoms with van der Waals surface area (Å²) in [5, 5.41) is 5.65. The molecule has 0 aliphatic heterocycles. The minimum atomic E-state index is -0.153. The highest BCUT2D eigenvalue weighted by Gasteiger charge is 2.18. The molecule has 0 atom stereocenters. The number of aryl methyl sites for hydroxylation is 1. The fraction of sp³-hybridized carbons (Fsp3) is 0.409. The molecule has 6 heteroatoms. The van der Waals surface area contributed by atoms with Gasteiger partial charge in [-0.1, -0.05) is 50.5 Å². The summed E-state index contributed by atoms with van der Waals surface area (Å²) in [7, 11) is 0. The fourth-order valence-electron chi connectivity index (χ4n) is 3.89. The molecule has 0 spiro atoms. The van der Waals surface area contributed by atoms with Crippen molar-refractivity contribution in [3.8, 4) is 11.1 Å². The average molecular weight is 396 g/mol. The monoisotopic (exact) mass is 395 g/mol. The summed E-state index contributed by atoms with van der Waals surface area (Å²) in [5.74, 6) is -0.112. The van der Waals surface area contributed by atoms with E-state index in [1.54, 1.807) is 0 Å². The predicted octanol–water partition coefficient (Wildman–Crippen LogP) is 4.14. The third kappa shape index (κ3) is 3.87. The Morgan fingerprint density at radius 3 is 2.68 bits per heavy atom. The molecular weight excluding hydrogens is 370 g/mol. The van der Waals surface area contributed by atoms with Crippen molar-refractivity contribution >= 4 is 27.5 Å². The van der Waals surface area contributed by atoms with Crippen molar-refractivity contribution in [2.24, 2.45) is 0 Å². The molecular formula is C22H25N3O2S. The highest BCUT2D eigenvalue weighted by Crippen LogP contribution is 2.30. The van der Waals surface area contributed by atoms with Crippen LogP contribution in [0.25, 0.3) is 21.3 Å². The predicted molar refractivity (Wildman–Crippen MR) is 114 cm³/mol. The van der Waals surface area contributed by atoms with Gasteiger partial charge in [-0.2, -0.15) is 0 Å². The van der Waals surface area contributed by atoms with E-state index in [2.05, 4.69) is 29.4 Å². The van der Waals surface area contributed by atoms with Gasteiger partial charge >= 0.3 is 0 Å². The van der Waals surface area contributed by atoms with E-state index >= 15 is 0 Å². The lowest BCUT2D eigenvalue weighted by Crippen LogP contribution is -2.39. The van der Waals surface area contributed by atoms with Crippen LogP contribution in [0.5, 0.6) is 0 Å². The van der Waals surface area contributed by atoms with Gasteiger partial charge in [0.15, 0.2) is 0 Å². The van der Waals surface area contributed by atoms with Crippen LogP contribution in [0.2, 0.25) is 0 Å². The van der Waals surface area contributed by atoms with Gasteiger partial charge < -0.3 is 5.32 Å². The lowest BCUT2D eigenvalue weighted by molar-refractivity contribution is -0.122. The minimum Gasteiger partial charge on any atom is -0.352 e. The van der Waals surface area contributed by atoms with Crippen LogP contribution >= 0.6 is 11.3 Å². The fourth-order valence-corrected chi connectivity index (χ4v) is 4.79. The third-order valence-corrected chi connectivity index (χ3v) is 6.40. The molecule has 1 aromatic carbocycles. The minimum absolute atomic E-state index is 0.0162. The molecule has 1 aliphatic rings. The number of carbonyl (C=O) groups excluding carboxylic acids is 1. The Balaban J connectivity index is 1.60. The molecule has 0 unspecified atom stereocenters. The summed E-state index contributed by atoms with van der Waals surface area (Å²) in [6.07, 6.45) is 8.09. The van der Waals surface area contributed by atoms with Crippen molar-refractivity contribution in [2.75, 3.05) is 0 Å². The van der Waals surface area contributed by atoms with Crippen molar-refractivity contribution in [1.82, 2.24) is 14.9 Å². The number of nitrogens with zero attached hydrogens (tertiary/aromatic N) is 2. The second-order valence-corrected chi connectivity index (χ2v) is 8.32. The number of amides is 1. The topological polar surface area (TPSA) is 64.0 Å². The van der Waals surface area contributed by atoms with E-state index in [-0.39, 0.29) is 24.1 Å². The summed E-state index contributed by atoms with van der Waals surface area (Å²) in [6.45, 7) is 2.14. The molecule has 146 valence electrons. The van der Waals surface area contributed by atoms with E-state index in [4.69, 9.17) is 0 Å². The molecule has 4 rings (SSSR count). The van der Waals surface area contributed by atoms with Gasteiger partial charge in [0.05, 0.1) is 11.7 Å². The largest absolute Gasteiger partial charge is 0.352 e. The standard InChI is InChI=1S/C22H25N3O2S/c1-2-15-8-10-16(11-9-15)18-13-28-21-20(18)22(27)25(14-23-21)12-19(26)24-17-6-4-3-5-7-17/h8-11,13-14,17H,2-7,12H2,1H3,(H,24,26). The van der Waals surface area contributed by atoms with Crippen molar-refractivity contribution in [1.29, 1.82) is 0 Å². The Hall–Kier alpha value is -2.47. The number of nitrogens with one attached hydrogen (secondary N) is 1. The van der Waals surface area contributed by atoms with Gasteiger partial charge in [-0.3, -0.25) is 14.2 Å². The molecule has 0 radical (unpaired) electrons. The molecule has 1 fully saturated rings. The zero-order valence-corrected chi connectivity index (χ0v) is 16.9. The summed E-state index contributed by atoms with van der Waals surface area (Å²) < 4.78 is 1.43. The van der Waals surface area contributed by atoms with Gasteiger partial charge in [0.2, 0.25) is 5.91 Å². The SMILES string of the molecule is CCc1ccc(-c2csc3ncn(CC(=O)NC4CCCCC4)c(=O)c23)cc1. The zero-order chi connectivity index (χ0) is 19.5. The molecule has 1 amide bonds. The van der Waals surface area contributed by atoms with Gasteiger partial charge in [-0.05, 0) is 30.4 Å². The average Bonchev–Trinajstić information content (AvgIpc) is 3.16. The van der Waals surface area contributed by atoms with E-state index in [9.17, 15) is 9.59 Å². The van der Waals surface area contributed by atoms with Crippen molar-refractivity contribution in [3.05, 3.63) is 51.9 Å². The molecule has 0 saturated heterocycles. The zero-order valence-electron chi connectivity index (χ0n) is 16.1. The van der Waals surface area contributed by atoms with E-state index in [0.29, 0.717) is 10.2 Å². The number of hydrogen-bond donors (Lipinski definition) is 1. The molecule has 2 aromatic heterocycles. The van der Waals surface area contributed by atoms with Crippen molar-refractivity contribution in [3.63, 3.8) is 0 Å². The maximum absolute atomic E-state index is 13.1. The van der Waals surface area contributed by atoms with Crippen LogP contribution in [0, 0.1) is 0 Å². The van der Waals surface area contributed by atoms with E-state index < -0.39 is 0 Å². The number of carbonyl (C=O) groups is 1. The highest BCUT2D eigenvalue weighted by atomic mass is 32.1. The van der Waals surface area contributed by atoms with Gasteiger partial charge in [-0.15, -0.1) is 11.3 Å². The lowest BCUT2D eigenvalue weighted by Gasteiger charge is -2.22. The number of hydrogen-bond acceptors (Lipinski definition) is 4. The van der Waals surface area contributed by atoms with Gasteiger partial charge in [0.25, 0.3) is 5.56 Å². The number of rotatable bonds is 5. The van der Waals surface area contributed by atoms with Crippen molar-refractivity contribution < 1.29 is 4.79 Å². The second kappa shape index (κ2) is 8.27. The quantitative estimate of drug-likeness (QED) is 0.706. The Labute approximate surface area is 168 Å². The van der Waals surface area contributed by atoms with Crippen LogP contribution in [-0.2, 0) is 17.8 Å². The van der Waals surface area contributed by atoms with Gasteiger partial charge in [-0.25, -0.2) is 4.98 Å². The van der Waals surface area contributed by atoms with Crippen LogP contribution < -0.4 is 10.9 Å². The first-order chi connectivity index (χ1) is 13.7. The molecule has 1 saturated carbocycles. The first kappa shape index (κ1) is 18.9. The maximum Gasteiger partial charge on any atom is 0.263 e. The van der Waals surface area contributed by atoms with Crippen LogP contribution in [0.3, 0.4) is 0 Å². The van der Waals surface area contributed by atoms with Gasteiger partial charge in [0, 0.05) is 17.0 Å². The van der Waals surface area contributed by atoms with Gasteiger partial charge in [0.1, 0.15) is 11.4 Å². The number of benzene rings is 1. The second-order valence-electron chi connectivity index (χ2n) is 7.46. The first-order valence-electron chi connectivity index (χ1n) is 10.0. The normalized spacial score (nSPS) is 15.0. The maximum atomic E-state index is 13.1. The lowest BCUT2D eigenvalue weighted by atomic mass is 9.95. The number of aromatic nitrogens is 2. The summed E-state index contributed by atoms with van der Waals surface area (Å²) in [6, 6.07) is 8.51. The molecule has 0 bridgehead atoms. The third-order valence-electron chi connectivity index (χ3n) is 5.52. The molecule has 1 aliphatic carbocycles. The molecule has 28 heavy (non-hydrogen) atoms. The van der Waals surface area contributed by atoms with E-state index in [1.165, 1.54) is 34.2 Å². The van der Waals surface area contributed by atoms with Crippen LogP contribution in [0.4, 0.5) is 0 Å². The molecule has 5 nitrogen and oxygen atoms in total. The van der Waals surface area contributed by atoms with E-state index in [1.807, 2.05) is 17.5 Å². The Morgan fingerprint density at radius 1 is 1.21 bits per heavy atom. The summed E-state index contributed by atoms with van der Waals surface area (Å²) in [4.78, 5) is 30.7. The van der Waals surface area contributed by atoms with Crippen LogP contribution in [-0.4, -0.2) is 21.5 Å². The first-order valence-corrected chi connectivity index (χ1v) is 10.9. The van der Waals surface area contributed by atoms with Crippen LogP contribution in [0.1, 0.15) is 44.6 Å². The highest BCUT2D eigenvalue weighted by molar-refractivity contribution is 7.17. The van der Waals surface area contributed by atoms with E-state index in [0.717, 1.165) is 43.2 Å². The Bertz CT molecular complexity index is 1030. The Morgan fingerprint density at radius 2 is 1.96 bits per heavy atom. The summed E-state index contributed by atoms with van der Waals surface area (Å²) in [5.41, 5.74) is 3.01. The Kier molecular flexibility index (Phi) is 5.57. The van der Waals surface area contributed by atoms with Crippen molar-refractivity contribution in [2.45, 2.75) is 58.0 Å².